The van der Waals surface area contributed by atoms with E-state index in [1.165, 1.54) is 12.1 Å². The molecule has 3 aromatic carbocycles. The smallest absolute Gasteiger partial charge is 0.357 e. The third-order valence-electron chi connectivity index (χ3n) is 4.43. The Morgan fingerprint density at radius 3 is 2.40 bits per heavy atom. The number of aromatic nitrogens is 2. The average molecular weight is 441 g/mol. The van der Waals surface area contributed by atoms with Gasteiger partial charge in [-0.25, -0.2) is 9.48 Å². The number of hydrogen-bond acceptors (Lipinski definition) is 4. The Labute approximate surface area is 180 Å². The second-order valence-electron chi connectivity index (χ2n) is 6.49. The van der Waals surface area contributed by atoms with Crippen LogP contribution in [-0.2, 0) is 6.54 Å². The highest BCUT2D eigenvalue weighted by molar-refractivity contribution is 6.42. The molecule has 0 radical (unpaired) electrons. The topological polar surface area (TPSA) is 81.4 Å². The number of benzene rings is 3. The zero-order chi connectivity index (χ0) is 21.3. The maximum atomic E-state index is 13.1. The zero-order valence-electron chi connectivity index (χ0n) is 15.4. The van der Waals surface area contributed by atoms with Crippen molar-refractivity contribution in [2.24, 2.45) is 0 Å². The molecule has 150 valence electrons. The maximum Gasteiger partial charge on any atom is 0.357 e. The summed E-state index contributed by atoms with van der Waals surface area (Å²) < 4.78 is 6.88. The summed E-state index contributed by atoms with van der Waals surface area (Å²) in [7, 11) is 0. The number of carboxylic acids is 1. The van der Waals surface area contributed by atoms with Crippen molar-refractivity contribution in [3.63, 3.8) is 0 Å². The molecule has 0 fully saturated rings. The summed E-state index contributed by atoms with van der Waals surface area (Å²) >= 11 is 12.0. The number of ether oxygens (including phenoxy) is 1. The molecule has 0 saturated carbocycles. The van der Waals surface area contributed by atoms with Crippen LogP contribution in [0.2, 0.25) is 10.0 Å². The summed E-state index contributed by atoms with van der Waals surface area (Å²) in [5.41, 5.74) is -0.0121. The van der Waals surface area contributed by atoms with Gasteiger partial charge < -0.3 is 9.84 Å². The lowest BCUT2D eigenvalue weighted by Gasteiger charge is -2.11. The first-order chi connectivity index (χ1) is 14.4. The monoisotopic (exact) mass is 440 g/mol. The Bertz CT molecular complexity index is 1320. The van der Waals surface area contributed by atoms with Crippen molar-refractivity contribution in [2.45, 2.75) is 6.54 Å². The molecule has 1 N–H and O–H groups in total. The fourth-order valence-corrected chi connectivity index (χ4v) is 3.35. The number of fused-ring (bicyclic) bond motifs is 1. The van der Waals surface area contributed by atoms with Crippen LogP contribution in [-0.4, -0.2) is 20.9 Å². The summed E-state index contributed by atoms with van der Waals surface area (Å²) in [6, 6.07) is 18.6. The van der Waals surface area contributed by atoms with Gasteiger partial charge in [0.25, 0.3) is 5.56 Å². The van der Waals surface area contributed by atoms with Crippen LogP contribution in [0, 0.1) is 0 Å². The molecule has 0 bridgehead atoms. The summed E-state index contributed by atoms with van der Waals surface area (Å²) in [5, 5.41) is 14.8. The van der Waals surface area contributed by atoms with Crippen molar-refractivity contribution in [3.8, 4) is 11.5 Å². The summed E-state index contributed by atoms with van der Waals surface area (Å²) in [4.78, 5) is 24.8. The number of halogens is 2. The van der Waals surface area contributed by atoms with Crippen LogP contribution in [0.5, 0.6) is 11.5 Å². The Balaban J connectivity index is 1.82. The van der Waals surface area contributed by atoms with Gasteiger partial charge in [0.2, 0.25) is 0 Å². The molecule has 1 aromatic heterocycles. The molecule has 4 rings (SSSR count). The van der Waals surface area contributed by atoms with Gasteiger partial charge in [0.15, 0.2) is 5.69 Å². The SMILES string of the molecule is O=C(O)c1nn(Cc2ccc(Cl)c(Cl)c2)c(=O)c2cc(Oc3ccccc3)ccc12. The van der Waals surface area contributed by atoms with Gasteiger partial charge in [0, 0.05) is 5.39 Å². The number of carbonyl (C=O) groups is 1. The minimum atomic E-state index is -1.24. The van der Waals surface area contributed by atoms with Crippen LogP contribution in [0.4, 0.5) is 0 Å². The molecule has 0 aliphatic heterocycles. The maximum absolute atomic E-state index is 13.1. The molecule has 0 saturated heterocycles. The van der Waals surface area contributed by atoms with Gasteiger partial charge in [-0.3, -0.25) is 4.79 Å². The minimum absolute atomic E-state index is 0.0374. The van der Waals surface area contributed by atoms with Crippen molar-refractivity contribution in [1.82, 2.24) is 9.78 Å². The summed E-state index contributed by atoms with van der Waals surface area (Å²) in [5.74, 6) is -0.227. The first kappa shape index (κ1) is 19.9. The van der Waals surface area contributed by atoms with E-state index in [0.29, 0.717) is 27.1 Å². The largest absolute Gasteiger partial charge is 0.476 e. The number of carboxylic acid groups (broad SMARTS) is 1. The van der Waals surface area contributed by atoms with E-state index in [1.807, 2.05) is 18.2 Å². The molecule has 30 heavy (non-hydrogen) atoms. The molecule has 0 amide bonds. The molecular weight excluding hydrogens is 427 g/mol. The zero-order valence-corrected chi connectivity index (χ0v) is 16.9. The summed E-state index contributed by atoms with van der Waals surface area (Å²) in [6.07, 6.45) is 0. The minimum Gasteiger partial charge on any atom is -0.476 e. The Morgan fingerprint density at radius 2 is 1.70 bits per heavy atom. The van der Waals surface area contributed by atoms with Gasteiger partial charge in [-0.05, 0) is 48.0 Å². The fraction of sp³-hybridized carbons (Fsp3) is 0.0455. The number of aromatic carboxylic acids is 1. The van der Waals surface area contributed by atoms with E-state index in [2.05, 4.69) is 5.10 Å². The molecule has 0 aliphatic carbocycles. The van der Waals surface area contributed by atoms with E-state index in [9.17, 15) is 14.7 Å². The molecule has 0 spiro atoms. The first-order valence-corrected chi connectivity index (χ1v) is 9.63. The van der Waals surface area contributed by atoms with E-state index in [1.54, 1.807) is 36.4 Å². The van der Waals surface area contributed by atoms with Gasteiger partial charge in [0.1, 0.15) is 11.5 Å². The van der Waals surface area contributed by atoms with Gasteiger partial charge in [-0.1, -0.05) is 47.5 Å². The van der Waals surface area contributed by atoms with Crippen LogP contribution in [0.3, 0.4) is 0 Å². The first-order valence-electron chi connectivity index (χ1n) is 8.87. The van der Waals surface area contributed by atoms with Gasteiger partial charge in [0.05, 0.1) is 22.0 Å². The van der Waals surface area contributed by atoms with E-state index < -0.39 is 11.5 Å². The molecule has 1 heterocycles. The third kappa shape index (κ3) is 4.01. The molecule has 0 atom stereocenters. The third-order valence-corrected chi connectivity index (χ3v) is 5.17. The van der Waals surface area contributed by atoms with Crippen LogP contribution >= 0.6 is 23.2 Å². The number of para-hydroxylation sites is 1. The highest BCUT2D eigenvalue weighted by Crippen LogP contribution is 2.26. The molecule has 0 unspecified atom stereocenters. The number of rotatable bonds is 5. The standard InChI is InChI=1S/C22H14Cl2N2O4/c23-18-9-6-13(10-19(18)24)12-26-21(27)17-11-15(30-14-4-2-1-3-5-14)7-8-16(17)20(25-26)22(28)29/h1-11H,12H2,(H,28,29). The van der Waals surface area contributed by atoms with E-state index in [4.69, 9.17) is 27.9 Å². The predicted octanol–water partition coefficient (Wildman–Crippen LogP) is 5.24. The molecular formula is C22H14Cl2N2O4. The summed E-state index contributed by atoms with van der Waals surface area (Å²) in [6.45, 7) is 0.0374. The van der Waals surface area contributed by atoms with Crippen LogP contribution < -0.4 is 10.3 Å². The normalized spacial score (nSPS) is 10.9. The number of nitrogens with zero attached hydrogens (tertiary/aromatic N) is 2. The fourth-order valence-electron chi connectivity index (χ4n) is 3.03. The average Bonchev–Trinajstić information content (AvgIpc) is 2.73. The Kier molecular flexibility index (Phi) is 5.44. The van der Waals surface area contributed by atoms with Crippen molar-refractivity contribution in [2.75, 3.05) is 0 Å². The second kappa shape index (κ2) is 8.18. The quantitative estimate of drug-likeness (QED) is 0.458. The van der Waals surface area contributed by atoms with Crippen LogP contribution in [0.1, 0.15) is 16.1 Å². The van der Waals surface area contributed by atoms with Crippen LogP contribution in [0.25, 0.3) is 10.8 Å². The lowest BCUT2D eigenvalue weighted by atomic mass is 10.1. The lowest BCUT2D eigenvalue weighted by Crippen LogP contribution is -2.26. The van der Waals surface area contributed by atoms with Crippen LogP contribution in [0.15, 0.2) is 71.5 Å². The Morgan fingerprint density at radius 1 is 0.933 bits per heavy atom. The highest BCUT2D eigenvalue weighted by Gasteiger charge is 2.17. The lowest BCUT2D eigenvalue weighted by molar-refractivity contribution is 0.0690. The van der Waals surface area contributed by atoms with Gasteiger partial charge in [-0.2, -0.15) is 5.10 Å². The van der Waals surface area contributed by atoms with Crippen molar-refractivity contribution in [3.05, 3.63) is 98.4 Å². The van der Waals surface area contributed by atoms with Crippen molar-refractivity contribution >= 4 is 39.9 Å². The van der Waals surface area contributed by atoms with E-state index >= 15 is 0 Å². The second-order valence-corrected chi connectivity index (χ2v) is 7.30. The van der Waals surface area contributed by atoms with Crippen molar-refractivity contribution in [1.29, 1.82) is 0 Å². The predicted molar refractivity (Wildman–Crippen MR) is 115 cm³/mol. The molecule has 8 heteroatoms. The Hall–Kier alpha value is -3.35. The molecule has 0 aliphatic rings. The highest BCUT2D eigenvalue weighted by atomic mass is 35.5. The van der Waals surface area contributed by atoms with E-state index in [0.717, 1.165) is 4.68 Å². The number of hydrogen-bond donors (Lipinski definition) is 1. The molecule has 6 nitrogen and oxygen atoms in total. The van der Waals surface area contributed by atoms with E-state index in [-0.39, 0.29) is 23.0 Å². The van der Waals surface area contributed by atoms with Gasteiger partial charge in [-0.15, -0.1) is 0 Å². The molecule has 4 aromatic rings. The van der Waals surface area contributed by atoms with Gasteiger partial charge >= 0.3 is 5.97 Å². The van der Waals surface area contributed by atoms with Crippen molar-refractivity contribution < 1.29 is 14.6 Å².